The first kappa shape index (κ1) is 16.8. The second-order valence-electron chi connectivity index (χ2n) is 4.81. The summed E-state index contributed by atoms with van der Waals surface area (Å²) in [5.41, 5.74) is 0.464. The number of aliphatic hydroxyl groups is 1. The fraction of sp³-hybridized carbons (Fsp3) is 0.200. The molecule has 122 valence electrons. The molecule has 0 saturated heterocycles. The van der Waals surface area contributed by atoms with E-state index >= 15 is 0 Å². The molecule has 1 atom stereocenters. The van der Waals surface area contributed by atoms with Gasteiger partial charge in [-0.1, -0.05) is 30.3 Å². The molecule has 0 saturated carbocycles. The standard InChI is InChI=1S/C15H13F3N2O3/c16-15(17,18)14(21)12-3-1-2-4-13(12)19-9-10-5-7-11(8-6-10)20(22)23/h1-8,14,19,21H,9H2/t14-/m1/s1. The third-order valence-electron chi connectivity index (χ3n) is 3.20. The van der Waals surface area contributed by atoms with Gasteiger partial charge < -0.3 is 10.4 Å². The minimum Gasteiger partial charge on any atom is -0.381 e. The summed E-state index contributed by atoms with van der Waals surface area (Å²) in [5, 5.41) is 22.8. The minimum absolute atomic E-state index is 0.0679. The molecule has 0 amide bonds. The number of non-ortho nitro benzene ring substituents is 1. The van der Waals surface area contributed by atoms with E-state index in [1.165, 1.54) is 42.5 Å². The minimum atomic E-state index is -4.76. The van der Waals surface area contributed by atoms with E-state index in [1.807, 2.05) is 0 Å². The Kier molecular flexibility index (Phi) is 4.85. The molecule has 0 unspecified atom stereocenters. The fourth-order valence-electron chi connectivity index (χ4n) is 2.01. The monoisotopic (exact) mass is 326 g/mol. The van der Waals surface area contributed by atoms with Crippen LogP contribution in [0.25, 0.3) is 0 Å². The number of nitro groups is 1. The number of aliphatic hydroxyl groups excluding tert-OH is 1. The van der Waals surface area contributed by atoms with E-state index in [0.717, 1.165) is 0 Å². The summed E-state index contributed by atoms with van der Waals surface area (Å²) in [5.74, 6) is 0. The number of hydrogen-bond acceptors (Lipinski definition) is 4. The van der Waals surface area contributed by atoms with Crippen molar-refractivity contribution in [3.8, 4) is 0 Å². The summed E-state index contributed by atoms with van der Waals surface area (Å²) in [6.45, 7) is 0.166. The molecule has 0 aliphatic heterocycles. The molecule has 0 fully saturated rings. The number of benzene rings is 2. The van der Waals surface area contributed by atoms with E-state index in [0.29, 0.717) is 5.56 Å². The van der Waals surface area contributed by atoms with E-state index < -0.39 is 17.2 Å². The van der Waals surface area contributed by atoms with Crippen LogP contribution in [-0.4, -0.2) is 16.2 Å². The van der Waals surface area contributed by atoms with Gasteiger partial charge in [0, 0.05) is 29.9 Å². The molecule has 0 aromatic heterocycles. The summed E-state index contributed by atoms with van der Waals surface area (Å²) >= 11 is 0. The predicted octanol–water partition coefficient (Wildman–Crippen LogP) is 3.80. The summed E-state index contributed by atoms with van der Waals surface area (Å²) in [4.78, 5) is 10.0. The van der Waals surface area contributed by atoms with Crippen LogP contribution in [0.15, 0.2) is 48.5 Å². The predicted molar refractivity (Wildman–Crippen MR) is 77.9 cm³/mol. The lowest BCUT2D eigenvalue weighted by molar-refractivity contribution is -0.384. The van der Waals surface area contributed by atoms with Crippen molar-refractivity contribution in [2.75, 3.05) is 5.32 Å². The average Bonchev–Trinajstić information content (AvgIpc) is 2.52. The lowest BCUT2D eigenvalue weighted by Crippen LogP contribution is -2.21. The Morgan fingerprint density at radius 2 is 1.74 bits per heavy atom. The molecule has 2 N–H and O–H groups in total. The molecule has 0 aliphatic carbocycles. The Morgan fingerprint density at radius 1 is 1.13 bits per heavy atom. The van der Waals surface area contributed by atoms with Gasteiger partial charge in [-0.15, -0.1) is 0 Å². The number of nitrogens with zero attached hydrogens (tertiary/aromatic N) is 1. The first-order valence-electron chi connectivity index (χ1n) is 6.60. The van der Waals surface area contributed by atoms with E-state index in [-0.39, 0.29) is 23.5 Å². The molecule has 0 heterocycles. The number of rotatable bonds is 5. The van der Waals surface area contributed by atoms with Gasteiger partial charge in [0.2, 0.25) is 0 Å². The molecule has 0 radical (unpaired) electrons. The average molecular weight is 326 g/mol. The van der Waals surface area contributed by atoms with Crippen molar-refractivity contribution in [2.45, 2.75) is 18.8 Å². The molecule has 0 aliphatic rings. The van der Waals surface area contributed by atoms with Crippen molar-refractivity contribution < 1.29 is 23.2 Å². The van der Waals surface area contributed by atoms with Crippen LogP contribution in [0.1, 0.15) is 17.2 Å². The Bertz CT molecular complexity index is 687. The third kappa shape index (κ3) is 4.19. The van der Waals surface area contributed by atoms with Crippen molar-refractivity contribution >= 4 is 11.4 Å². The third-order valence-corrected chi connectivity index (χ3v) is 3.20. The molecule has 23 heavy (non-hydrogen) atoms. The highest BCUT2D eigenvalue weighted by molar-refractivity contribution is 5.53. The van der Waals surface area contributed by atoms with E-state index in [1.54, 1.807) is 6.07 Å². The molecule has 5 nitrogen and oxygen atoms in total. The first-order chi connectivity index (χ1) is 10.8. The maximum atomic E-state index is 12.7. The Morgan fingerprint density at radius 3 is 2.30 bits per heavy atom. The van der Waals surface area contributed by atoms with Gasteiger partial charge in [0.05, 0.1) is 4.92 Å². The van der Waals surface area contributed by atoms with E-state index in [9.17, 15) is 28.4 Å². The molecular formula is C15H13F3N2O3. The van der Waals surface area contributed by atoms with Gasteiger partial charge in [0.15, 0.2) is 6.10 Å². The molecule has 2 aromatic carbocycles. The highest BCUT2D eigenvalue weighted by Gasteiger charge is 2.40. The van der Waals surface area contributed by atoms with Gasteiger partial charge in [-0.2, -0.15) is 13.2 Å². The molecule has 2 rings (SSSR count). The Balaban J connectivity index is 2.13. The summed E-state index contributed by atoms with van der Waals surface area (Å²) in [7, 11) is 0. The number of para-hydroxylation sites is 1. The lowest BCUT2D eigenvalue weighted by atomic mass is 10.1. The van der Waals surface area contributed by atoms with Gasteiger partial charge in [-0.3, -0.25) is 10.1 Å². The van der Waals surface area contributed by atoms with Gasteiger partial charge in [0.1, 0.15) is 0 Å². The zero-order valence-electron chi connectivity index (χ0n) is 11.7. The molecule has 0 spiro atoms. The topological polar surface area (TPSA) is 75.4 Å². The maximum absolute atomic E-state index is 12.7. The Labute approximate surface area is 129 Å². The zero-order valence-corrected chi connectivity index (χ0v) is 11.7. The fourth-order valence-corrected chi connectivity index (χ4v) is 2.01. The molecule has 2 aromatic rings. The quantitative estimate of drug-likeness (QED) is 0.647. The number of alkyl halides is 3. The molecular weight excluding hydrogens is 313 g/mol. The van der Waals surface area contributed by atoms with Crippen molar-refractivity contribution in [3.63, 3.8) is 0 Å². The summed E-state index contributed by atoms with van der Waals surface area (Å²) < 4.78 is 38.0. The molecule has 0 bridgehead atoms. The lowest BCUT2D eigenvalue weighted by Gasteiger charge is -2.19. The molecule has 8 heteroatoms. The van der Waals surface area contributed by atoms with Crippen LogP contribution >= 0.6 is 0 Å². The summed E-state index contributed by atoms with van der Waals surface area (Å²) in [6.07, 6.45) is -7.34. The number of nitrogens with one attached hydrogen (secondary N) is 1. The normalized spacial score (nSPS) is 12.7. The first-order valence-corrected chi connectivity index (χ1v) is 6.60. The number of halogens is 3. The van der Waals surface area contributed by atoms with Gasteiger partial charge in [0.25, 0.3) is 5.69 Å². The SMILES string of the molecule is O=[N+]([O-])c1ccc(CNc2ccccc2[C@@H](O)C(F)(F)F)cc1. The van der Waals surface area contributed by atoms with Crippen LogP contribution in [0, 0.1) is 10.1 Å². The van der Waals surface area contributed by atoms with Crippen LogP contribution in [0.5, 0.6) is 0 Å². The number of anilines is 1. The van der Waals surface area contributed by atoms with Crippen LogP contribution in [0.4, 0.5) is 24.5 Å². The number of nitro benzene ring substituents is 1. The van der Waals surface area contributed by atoms with Crippen LogP contribution in [0.3, 0.4) is 0 Å². The van der Waals surface area contributed by atoms with Crippen molar-refractivity contribution in [3.05, 3.63) is 69.8 Å². The largest absolute Gasteiger partial charge is 0.418 e. The van der Waals surface area contributed by atoms with Gasteiger partial charge in [-0.25, -0.2) is 0 Å². The van der Waals surface area contributed by atoms with E-state index in [4.69, 9.17) is 0 Å². The highest BCUT2D eigenvalue weighted by Crippen LogP contribution is 2.36. The zero-order chi connectivity index (χ0) is 17.0. The van der Waals surface area contributed by atoms with Crippen LogP contribution in [-0.2, 0) is 6.54 Å². The van der Waals surface area contributed by atoms with E-state index in [2.05, 4.69) is 5.32 Å². The smallest absolute Gasteiger partial charge is 0.381 e. The maximum Gasteiger partial charge on any atom is 0.418 e. The van der Waals surface area contributed by atoms with Gasteiger partial charge in [-0.05, 0) is 11.6 Å². The second-order valence-corrected chi connectivity index (χ2v) is 4.81. The second kappa shape index (κ2) is 6.66. The van der Waals surface area contributed by atoms with Crippen molar-refractivity contribution in [1.82, 2.24) is 0 Å². The van der Waals surface area contributed by atoms with Crippen LogP contribution in [0.2, 0.25) is 0 Å². The highest BCUT2D eigenvalue weighted by atomic mass is 19.4. The van der Waals surface area contributed by atoms with Crippen molar-refractivity contribution in [1.29, 1.82) is 0 Å². The van der Waals surface area contributed by atoms with Crippen molar-refractivity contribution in [2.24, 2.45) is 0 Å². The number of hydrogen-bond donors (Lipinski definition) is 2. The Hall–Kier alpha value is -2.61. The van der Waals surface area contributed by atoms with Gasteiger partial charge >= 0.3 is 6.18 Å². The van der Waals surface area contributed by atoms with Crippen LogP contribution < -0.4 is 5.32 Å². The summed E-state index contributed by atoms with van der Waals surface area (Å²) in [6, 6.07) is 11.2.